The lowest BCUT2D eigenvalue weighted by Crippen LogP contribution is -2.38. The second-order valence-corrected chi connectivity index (χ2v) is 8.78. The van der Waals surface area contributed by atoms with Gasteiger partial charge in [0.15, 0.2) is 5.16 Å². The van der Waals surface area contributed by atoms with Crippen molar-refractivity contribution in [1.82, 2.24) is 14.9 Å². The topological polar surface area (TPSA) is 66.1 Å². The Labute approximate surface area is 177 Å². The fourth-order valence-corrected chi connectivity index (χ4v) is 4.39. The van der Waals surface area contributed by atoms with Gasteiger partial charge in [0.2, 0.25) is 5.91 Å². The first kappa shape index (κ1) is 21.6. The number of benzene rings is 1. The Kier molecular flexibility index (Phi) is 7.53. The molecule has 1 aliphatic rings. The first-order valence-corrected chi connectivity index (χ1v) is 11.7. The number of nitrogens with zero attached hydrogens (tertiary/aromatic N) is 2. The summed E-state index contributed by atoms with van der Waals surface area (Å²) in [5.74, 6) is 0.837. The van der Waals surface area contributed by atoms with Gasteiger partial charge in [-0.1, -0.05) is 41.6 Å². The minimum atomic E-state index is -0.121. The summed E-state index contributed by atoms with van der Waals surface area (Å²) in [6.45, 7) is 5.62. The van der Waals surface area contributed by atoms with E-state index in [0.29, 0.717) is 29.5 Å². The summed E-state index contributed by atoms with van der Waals surface area (Å²) in [5.41, 5.74) is 3.93. The number of aryl methyl sites for hydroxylation is 3. The van der Waals surface area contributed by atoms with E-state index in [0.717, 1.165) is 38.0 Å². The van der Waals surface area contributed by atoms with Crippen LogP contribution in [0, 0.1) is 19.8 Å². The maximum absolute atomic E-state index is 12.6. The fraction of sp³-hybridized carbons (Fsp3) is 0.522. The molecule has 0 spiro atoms. The number of aromatic amines is 1. The van der Waals surface area contributed by atoms with Gasteiger partial charge in [-0.3, -0.25) is 9.59 Å². The van der Waals surface area contributed by atoms with Crippen molar-refractivity contribution in [1.29, 1.82) is 0 Å². The molecule has 5 nitrogen and oxygen atoms in total. The molecule has 0 bridgehead atoms. The normalized spacial score (nSPS) is 14.9. The average Bonchev–Trinajstić information content (AvgIpc) is 2.72. The van der Waals surface area contributed by atoms with Gasteiger partial charge >= 0.3 is 0 Å². The molecule has 0 atom stereocenters. The number of H-pyrrole nitrogens is 1. The minimum absolute atomic E-state index is 0.121. The number of hydrogen-bond acceptors (Lipinski definition) is 4. The van der Waals surface area contributed by atoms with E-state index in [2.05, 4.69) is 41.2 Å². The number of piperidine rings is 1. The van der Waals surface area contributed by atoms with Gasteiger partial charge in [-0.2, -0.15) is 0 Å². The predicted octanol–water partition coefficient (Wildman–Crippen LogP) is 3.91. The molecule has 2 heterocycles. The average molecular weight is 414 g/mol. The minimum Gasteiger partial charge on any atom is -0.343 e. The van der Waals surface area contributed by atoms with E-state index < -0.39 is 0 Å². The lowest BCUT2D eigenvalue weighted by atomic mass is 9.90. The van der Waals surface area contributed by atoms with Crippen molar-refractivity contribution < 1.29 is 4.79 Å². The zero-order valence-electron chi connectivity index (χ0n) is 17.7. The van der Waals surface area contributed by atoms with Gasteiger partial charge in [-0.05, 0) is 63.7 Å². The second-order valence-electron chi connectivity index (χ2n) is 7.99. The van der Waals surface area contributed by atoms with Crippen molar-refractivity contribution in [3.8, 4) is 0 Å². The SMILES string of the molecule is CSc1nc(C)c(CCC(=O)N2CCC(CCc3ccc(C)cc3)CC2)c(=O)[nH]1. The number of likely N-dealkylation sites (tertiary alicyclic amines) is 1. The van der Waals surface area contributed by atoms with E-state index in [1.165, 1.54) is 29.3 Å². The molecule has 1 aromatic heterocycles. The van der Waals surface area contributed by atoms with Crippen LogP contribution in [0.3, 0.4) is 0 Å². The van der Waals surface area contributed by atoms with Crippen LogP contribution in [-0.4, -0.2) is 40.1 Å². The number of hydrogen-bond donors (Lipinski definition) is 1. The molecule has 1 aliphatic heterocycles. The molecule has 0 radical (unpaired) electrons. The largest absolute Gasteiger partial charge is 0.343 e. The fourth-order valence-electron chi connectivity index (χ4n) is 3.96. The van der Waals surface area contributed by atoms with Gasteiger partial charge in [0.1, 0.15) is 0 Å². The summed E-state index contributed by atoms with van der Waals surface area (Å²) >= 11 is 1.41. The lowest BCUT2D eigenvalue weighted by Gasteiger charge is -2.32. The first-order valence-electron chi connectivity index (χ1n) is 10.4. The Hall–Kier alpha value is -2.08. The van der Waals surface area contributed by atoms with Gasteiger partial charge in [0, 0.05) is 30.8 Å². The third kappa shape index (κ3) is 5.95. The van der Waals surface area contributed by atoms with Crippen molar-refractivity contribution in [3.05, 3.63) is 57.0 Å². The van der Waals surface area contributed by atoms with Gasteiger partial charge < -0.3 is 9.88 Å². The van der Waals surface area contributed by atoms with Crippen LogP contribution in [0.15, 0.2) is 34.2 Å². The maximum Gasteiger partial charge on any atom is 0.254 e. The Morgan fingerprint density at radius 2 is 1.86 bits per heavy atom. The summed E-state index contributed by atoms with van der Waals surface area (Å²) in [6, 6.07) is 8.79. The number of thioether (sulfide) groups is 1. The summed E-state index contributed by atoms with van der Waals surface area (Å²) in [4.78, 5) is 34.0. The molecule has 6 heteroatoms. The molecule has 0 saturated carbocycles. The molecular formula is C23H31N3O2S. The van der Waals surface area contributed by atoms with Crippen LogP contribution in [0.1, 0.15) is 48.1 Å². The first-order chi connectivity index (χ1) is 14.0. The number of carbonyl (C=O) groups is 1. The Morgan fingerprint density at radius 3 is 2.48 bits per heavy atom. The standard InChI is InChI=1S/C23H31N3O2S/c1-16-4-6-18(7-5-16)8-9-19-12-14-26(15-13-19)21(27)11-10-20-17(2)24-23(29-3)25-22(20)28/h4-7,19H,8-15H2,1-3H3,(H,24,25,28). The van der Waals surface area contributed by atoms with E-state index in [4.69, 9.17) is 0 Å². The van der Waals surface area contributed by atoms with E-state index in [9.17, 15) is 9.59 Å². The highest BCUT2D eigenvalue weighted by molar-refractivity contribution is 7.98. The quantitative estimate of drug-likeness (QED) is 0.552. The highest BCUT2D eigenvalue weighted by atomic mass is 32.2. The molecule has 0 aliphatic carbocycles. The Morgan fingerprint density at radius 1 is 1.17 bits per heavy atom. The lowest BCUT2D eigenvalue weighted by molar-refractivity contribution is -0.132. The van der Waals surface area contributed by atoms with Crippen LogP contribution in [0.4, 0.5) is 0 Å². The molecule has 29 heavy (non-hydrogen) atoms. The van der Waals surface area contributed by atoms with Crippen molar-refractivity contribution in [2.24, 2.45) is 5.92 Å². The molecule has 156 valence electrons. The van der Waals surface area contributed by atoms with E-state index in [1.807, 2.05) is 18.1 Å². The highest BCUT2D eigenvalue weighted by Gasteiger charge is 2.23. The summed E-state index contributed by atoms with van der Waals surface area (Å²) in [7, 11) is 0. The van der Waals surface area contributed by atoms with Gasteiger partial charge in [0.25, 0.3) is 5.56 Å². The van der Waals surface area contributed by atoms with E-state index in [-0.39, 0.29) is 11.5 Å². The van der Waals surface area contributed by atoms with Crippen LogP contribution >= 0.6 is 11.8 Å². The monoisotopic (exact) mass is 413 g/mol. The van der Waals surface area contributed by atoms with Crippen LogP contribution < -0.4 is 5.56 Å². The van der Waals surface area contributed by atoms with E-state index in [1.54, 1.807) is 0 Å². The number of nitrogens with one attached hydrogen (secondary N) is 1. The molecule has 1 amide bonds. The van der Waals surface area contributed by atoms with Gasteiger partial charge in [-0.25, -0.2) is 4.98 Å². The third-order valence-corrected chi connectivity index (χ3v) is 6.49. The second kappa shape index (κ2) is 10.1. The van der Waals surface area contributed by atoms with Gasteiger partial charge in [0.05, 0.1) is 0 Å². The van der Waals surface area contributed by atoms with Gasteiger partial charge in [-0.15, -0.1) is 0 Å². The molecule has 3 rings (SSSR count). The molecule has 1 saturated heterocycles. The van der Waals surface area contributed by atoms with Crippen molar-refractivity contribution in [2.75, 3.05) is 19.3 Å². The molecule has 1 fully saturated rings. The molecule has 1 aromatic carbocycles. The van der Waals surface area contributed by atoms with Crippen molar-refractivity contribution in [3.63, 3.8) is 0 Å². The predicted molar refractivity (Wildman–Crippen MR) is 119 cm³/mol. The Bertz CT molecular complexity index is 884. The zero-order chi connectivity index (χ0) is 20.8. The van der Waals surface area contributed by atoms with Crippen LogP contribution in [0.2, 0.25) is 0 Å². The third-order valence-electron chi connectivity index (χ3n) is 5.91. The van der Waals surface area contributed by atoms with Crippen molar-refractivity contribution in [2.45, 2.75) is 57.5 Å². The number of amides is 1. The number of carbonyl (C=O) groups excluding carboxylic acids is 1. The molecule has 2 aromatic rings. The summed E-state index contributed by atoms with van der Waals surface area (Å²) in [6.07, 6.45) is 7.15. The maximum atomic E-state index is 12.6. The molecule has 0 unspecified atom stereocenters. The molecule has 1 N–H and O–H groups in total. The Balaban J connectivity index is 1.44. The van der Waals surface area contributed by atoms with E-state index >= 15 is 0 Å². The summed E-state index contributed by atoms with van der Waals surface area (Å²) in [5, 5.41) is 0.621. The zero-order valence-corrected chi connectivity index (χ0v) is 18.5. The smallest absolute Gasteiger partial charge is 0.254 e. The van der Waals surface area contributed by atoms with Crippen LogP contribution in [0.25, 0.3) is 0 Å². The van der Waals surface area contributed by atoms with Crippen LogP contribution in [0.5, 0.6) is 0 Å². The highest BCUT2D eigenvalue weighted by Crippen LogP contribution is 2.23. The molecular weight excluding hydrogens is 382 g/mol. The van der Waals surface area contributed by atoms with Crippen molar-refractivity contribution >= 4 is 17.7 Å². The number of rotatable bonds is 7. The van der Waals surface area contributed by atoms with Crippen LogP contribution in [-0.2, 0) is 17.6 Å². The summed E-state index contributed by atoms with van der Waals surface area (Å²) < 4.78 is 0. The number of aromatic nitrogens is 2.